The van der Waals surface area contributed by atoms with Crippen LogP contribution < -0.4 is 0 Å². The average Bonchev–Trinajstić information content (AvgIpc) is 1.33. The van der Waals surface area contributed by atoms with Crippen LogP contribution in [0.5, 0.6) is 0 Å². The van der Waals surface area contributed by atoms with Crippen LogP contribution in [0.25, 0.3) is 0 Å². The van der Waals surface area contributed by atoms with Crippen molar-refractivity contribution in [2.75, 3.05) is 0 Å². The molecule has 0 bridgehead atoms. The standard InChI is InChI=1S/CH2O3.Ca.HNO2.2H/c2-1(3)4;;2-1-3;;/h(H2,2,3,4);;(H,2,3);;/q;+2;;2*-1. The molecule has 0 aliphatic carbocycles. The predicted octanol–water partition coefficient (Wildman–Crippen LogP) is 0.209. The van der Waals surface area contributed by atoms with Crippen molar-refractivity contribution in [1.29, 1.82) is 0 Å². The smallest absolute Gasteiger partial charge is 1.00 e. The summed E-state index contributed by atoms with van der Waals surface area (Å²) < 4.78 is 0. The maximum atomic E-state index is 8.56. The molecule has 0 aliphatic heterocycles. The summed E-state index contributed by atoms with van der Waals surface area (Å²) in [5.41, 5.74) is 0. The molecule has 0 aromatic rings. The first-order valence-electron chi connectivity index (χ1n) is 1.03. The van der Waals surface area contributed by atoms with E-state index in [0.29, 0.717) is 0 Å². The zero-order chi connectivity index (χ0) is 6.28. The van der Waals surface area contributed by atoms with Crippen LogP contribution in [0.3, 0.4) is 0 Å². The Morgan fingerprint density at radius 3 is 1.50 bits per heavy atom. The predicted molar refractivity (Wildman–Crippen MR) is 26.2 cm³/mol. The first kappa shape index (κ1) is 15.7. The van der Waals surface area contributed by atoms with E-state index in [-0.39, 0.29) is 40.6 Å². The Morgan fingerprint density at radius 1 is 1.50 bits per heavy atom. The molecule has 3 N–H and O–H groups in total. The summed E-state index contributed by atoms with van der Waals surface area (Å²) in [6.45, 7) is 0. The molecule has 0 heterocycles. The summed E-state index contributed by atoms with van der Waals surface area (Å²) >= 11 is 0. The Balaban J connectivity index is -0.0000000131. The molecule has 8 heavy (non-hydrogen) atoms. The van der Waals surface area contributed by atoms with Crippen LogP contribution in [-0.4, -0.2) is 59.3 Å². The summed E-state index contributed by atoms with van der Waals surface area (Å²) in [5.74, 6) is 0. The molecule has 0 fully saturated rings. The molecule has 0 unspecified atom stereocenters. The third-order valence-electron chi connectivity index (χ3n) is 0. The molecule has 6 nitrogen and oxygen atoms in total. The molecule has 46 valence electrons. The Morgan fingerprint density at radius 2 is 1.50 bits per heavy atom. The van der Waals surface area contributed by atoms with Gasteiger partial charge in [-0.1, -0.05) is 0 Å². The molecule has 0 aromatic heterocycles. The van der Waals surface area contributed by atoms with Gasteiger partial charge in [-0.3, -0.25) is 0 Å². The maximum absolute atomic E-state index is 8.56. The molecule has 0 amide bonds. The van der Waals surface area contributed by atoms with Crippen molar-refractivity contribution in [3.8, 4) is 0 Å². The van der Waals surface area contributed by atoms with Gasteiger partial charge < -0.3 is 18.3 Å². The second kappa shape index (κ2) is 15.8. The van der Waals surface area contributed by atoms with Gasteiger partial charge in [0.15, 0.2) is 5.34 Å². The van der Waals surface area contributed by atoms with E-state index in [1.54, 1.807) is 0 Å². The van der Waals surface area contributed by atoms with E-state index in [9.17, 15) is 0 Å². The van der Waals surface area contributed by atoms with Gasteiger partial charge in [0.1, 0.15) is 0 Å². The Hall–Kier alpha value is -0.0703. The molecular weight excluding hydrogens is 146 g/mol. The van der Waals surface area contributed by atoms with Gasteiger partial charge in [-0.25, -0.2) is 4.79 Å². The van der Waals surface area contributed by atoms with E-state index >= 15 is 0 Å². The summed E-state index contributed by atoms with van der Waals surface area (Å²) in [5, 5.41) is 21.8. The van der Waals surface area contributed by atoms with E-state index in [4.69, 9.17) is 25.1 Å². The van der Waals surface area contributed by atoms with Crippen LogP contribution in [0.4, 0.5) is 4.79 Å². The van der Waals surface area contributed by atoms with Gasteiger partial charge in [0, 0.05) is 0 Å². The molecule has 7 heteroatoms. The van der Waals surface area contributed by atoms with Crippen molar-refractivity contribution >= 4 is 43.9 Å². The molecule has 0 saturated heterocycles. The molecule has 0 aliphatic rings. The minimum atomic E-state index is -1.83. The van der Waals surface area contributed by atoms with Crippen LogP contribution in [0.15, 0.2) is 5.34 Å². The van der Waals surface area contributed by atoms with E-state index in [0.717, 1.165) is 0 Å². The zero-order valence-corrected chi connectivity index (χ0v) is 6.02. The van der Waals surface area contributed by atoms with E-state index < -0.39 is 6.16 Å². The van der Waals surface area contributed by atoms with Gasteiger partial charge >= 0.3 is 43.9 Å². The minimum absolute atomic E-state index is 0. The monoisotopic (exact) mass is 151 g/mol. The summed E-state index contributed by atoms with van der Waals surface area (Å²) in [7, 11) is 0. The quantitative estimate of drug-likeness (QED) is 0.260. The Bertz CT molecular complexity index is 66.7. The molecular formula is CH5CaNO5. The zero-order valence-electron chi connectivity index (χ0n) is 5.81. The van der Waals surface area contributed by atoms with Crippen molar-refractivity contribution in [1.82, 2.24) is 0 Å². The topological polar surface area (TPSA) is 107 Å². The van der Waals surface area contributed by atoms with Gasteiger partial charge in [-0.05, 0) is 0 Å². The summed E-state index contributed by atoms with van der Waals surface area (Å²) in [4.78, 5) is 16.7. The van der Waals surface area contributed by atoms with Crippen molar-refractivity contribution in [3.05, 3.63) is 4.91 Å². The number of carboxylic acid groups (broad SMARTS) is 2. The van der Waals surface area contributed by atoms with Crippen LogP contribution in [0.1, 0.15) is 2.85 Å². The van der Waals surface area contributed by atoms with Gasteiger partial charge in [0.05, 0.1) is 0 Å². The normalized spacial score (nSPS) is 4.50. The number of nitrogens with zero attached hydrogens (tertiary/aromatic N) is 1. The Labute approximate surface area is 77.0 Å². The van der Waals surface area contributed by atoms with Crippen molar-refractivity contribution in [2.24, 2.45) is 5.34 Å². The molecule has 0 rings (SSSR count). The van der Waals surface area contributed by atoms with Crippen LogP contribution in [0, 0.1) is 4.91 Å². The first-order valence-corrected chi connectivity index (χ1v) is 1.03. The first-order chi connectivity index (χ1) is 3.15. The van der Waals surface area contributed by atoms with Crippen molar-refractivity contribution < 1.29 is 23.1 Å². The molecule has 0 saturated carbocycles. The number of carbonyl (C=O) groups is 1. The fourth-order valence-corrected chi connectivity index (χ4v) is 0. The number of hydrogen-bond acceptors (Lipinski definition) is 3. The van der Waals surface area contributed by atoms with Crippen LogP contribution in [0.2, 0.25) is 0 Å². The fraction of sp³-hybridized carbons (Fsp3) is 0. The van der Waals surface area contributed by atoms with Crippen molar-refractivity contribution in [2.45, 2.75) is 0 Å². The number of hydrogen-bond donors (Lipinski definition) is 3. The summed E-state index contributed by atoms with van der Waals surface area (Å²) in [6.07, 6.45) is -1.83. The molecule has 0 spiro atoms. The maximum Gasteiger partial charge on any atom is 2.00 e. The molecule has 0 aromatic carbocycles. The molecule has 0 radical (unpaired) electrons. The van der Waals surface area contributed by atoms with Crippen LogP contribution in [-0.2, 0) is 0 Å². The van der Waals surface area contributed by atoms with Crippen LogP contribution >= 0.6 is 0 Å². The van der Waals surface area contributed by atoms with Gasteiger partial charge in [0.25, 0.3) is 0 Å². The number of rotatable bonds is 0. The largest absolute Gasteiger partial charge is 2.00 e. The second-order valence-corrected chi connectivity index (χ2v) is 0.364. The van der Waals surface area contributed by atoms with E-state index in [1.807, 2.05) is 0 Å². The third-order valence-corrected chi connectivity index (χ3v) is 0. The van der Waals surface area contributed by atoms with Gasteiger partial charge in [-0.15, -0.1) is 4.91 Å². The van der Waals surface area contributed by atoms with E-state index in [1.165, 1.54) is 5.34 Å². The van der Waals surface area contributed by atoms with Gasteiger partial charge in [0.2, 0.25) is 0 Å². The van der Waals surface area contributed by atoms with Gasteiger partial charge in [-0.2, -0.15) is 0 Å². The summed E-state index contributed by atoms with van der Waals surface area (Å²) in [6, 6.07) is 0. The second-order valence-electron chi connectivity index (χ2n) is 0.364. The third kappa shape index (κ3) is 29200. The SMILES string of the molecule is O=C(O)O.O=NO.[Ca+2].[H-].[H-]. The molecule has 0 atom stereocenters. The minimum Gasteiger partial charge on any atom is -1.00 e. The van der Waals surface area contributed by atoms with Crippen molar-refractivity contribution in [3.63, 3.8) is 0 Å². The fourth-order valence-electron chi connectivity index (χ4n) is 0. The Kier molecular flexibility index (Phi) is 30.9. The average molecular weight is 151 g/mol. The van der Waals surface area contributed by atoms with E-state index in [2.05, 4.69) is 0 Å².